The fourth-order valence-electron chi connectivity index (χ4n) is 5.24. The Bertz CT molecular complexity index is 1350. The minimum atomic E-state index is -3.51. The Hall–Kier alpha value is -3.08. The number of nitrogens with zero attached hydrogens (tertiary/aromatic N) is 4. The molecule has 2 aliphatic rings. The molecular formula is C28H35N5O4S. The summed E-state index contributed by atoms with van der Waals surface area (Å²) in [5.74, 6) is 0.864. The number of likely N-dealkylation sites (tertiary alicyclic amines) is 1. The summed E-state index contributed by atoms with van der Waals surface area (Å²) >= 11 is 0. The summed E-state index contributed by atoms with van der Waals surface area (Å²) in [6, 6.07) is 14.4. The zero-order chi connectivity index (χ0) is 26.5. The number of sulfonamides is 1. The Morgan fingerprint density at radius 3 is 2.47 bits per heavy atom. The molecule has 0 spiro atoms. The largest absolute Gasteiger partial charge is 0.338 e. The first kappa shape index (κ1) is 26.5. The molecule has 2 aliphatic heterocycles. The molecule has 1 amide bonds. The number of nitrogens with one attached hydrogen (secondary N) is 1. The van der Waals surface area contributed by atoms with Gasteiger partial charge in [0.15, 0.2) is 0 Å². The third-order valence-corrected chi connectivity index (χ3v) is 9.33. The number of hydrogen-bond acceptors (Lipinski definition) is 7. The lowest BCUT2D eigenvalue weighted by molar-refractivity contribution is -0.121. The van der Waals surface area contributed by atoms with Crippen molar-refractivity contribution in [1.29, 1.82) is 0 Å². The number of aryl methyl sites for hydroxylation is 1. The summed E-state index contributed by atoms with van der Waals surface area (Å²) in [7, 11) is -3.51. The second kappa shape index (κ2) is 11.8. The fraction of sp³-hybridized carbons (Fsp3) is 0.464. The van der Waals surface area contributed by atoms with E-state index in [0.29, 0.717) is 43.6 Å². The molecule has 10 heteroatoms. The molecule has 38 heavy (non-hydrogen) atoms. The van der Waals surface area contributed by atoms with Crippen molar-refractivity contribution in [2.45, 2.75) is 56.9 Å². The number of carbonyl (C=O) groups excluding carboxylic acids is 1. The van der Waals surface area contributed by atoms with Gasteiger partial charge in [-0.15, -0.1) is 0 Å². The van der Waals surface area contributed by atoms with Crippen LogP contribution in [0.4, 0.5) is 5.69 Å². The maximum absolute atomic E-state index is 13.0. The van der Waals surface area contributed by atoms with Crippen molar-refractivity contribution in [3.63, 3.8) is 0 Å². The van der Waals surface area contributed by atoms with E-state index in [2.05, 4.69) is 20.4 Å². The maximum atomic E-state index is 13.0. The third-order valence-electron chi connectivity index (χ3n) is 7.41. The summed E-state index contributed by atoms with van der Waals surface area (Å²) in [5.41, 5.74) is 2.63. The average molecular weight is 538 g/mol. The van der Waals surface area contributed by atoms with E-state index in [-0.39, 0.29) is 16.7 Å². The van der Waals surface area contributed by atoms with Crippen molar-refractivity contribution in [3.8, 4) is 11.4 Å². The van der Waals surface area contributed by atoms with Crippen LogP contribution in [0, 0.1) is 12.8 Å². The molecule has 1 unspecified atom stereocenters. The first-order valence-corrected chi connectivity index (χ1v) is 14.9. The van der Waals surface area contributed by atoms with E-state index in [4.69, 9.17) is 4.52 Å². The van der Waals surface area contributed by atoms with Crippen LogP contribution in [0.25, 0.3) is 11.4 Å². The van der Waals surface area contributed by atoms with Crippen molar-refractivity contribution in [1.82, 2.24) is 19.3 Å². The number of hydrogen-bond donors (Lipinski definition) is 1. The van der Waals surface area contributed by atoms with Gasteiger partial charge in [0.05, 0.1) is 17.4 Å². The molecular weight excluding hydrogens is 502 g/mol. The second-order valence-corrected chi connectivity index (χ2v) is 12.2. The third kappa shape index (κ3) is 6.14. The number of aromatic nitrogens is 2. The van der Waals surface area contributed by atoms with E-state index in [1.54, 1.807) is 28.6 Å². The maximum Gasteiger partial charge on any atom is 0.243 e. The van der Waals surface area contributed by atoms with Crippen molar-refractivity contribution in [2.75, 3.05) is 31.5 Å². The monoisotopic (exact) mass is 537 g/mol. The first-order chi connectivity index (χ1) is 18.4. The number of carbonyl (C=O) groups is 1. The molecule has 202 valence electrons. The van der Waals surface area contributed by atoms with Crippen molar-refractivity contribution in [2.24, 2.45) is 5.92 Å². The van der Waals surface area contributed by atoms with Crippen molar-refractivity contribution in [3.05, 3.63) is 60.0 Å². The van der Waals surface area contributed by atoms with Crippen LogP contribution in [0.3, 0.4) is 0 Å². The van der Waals surface area contributed by atoms with Crippen LogP contribution in [0.15, 0.2) is 57.9 Å². The van der Waals surface area contributed by atoms with Crippen LogP contribution < -0.4 is 5.32 Å². The fourth-order valence-corrected chi connectivity index (χ4v) is 6.76. The smallest absolute Gasteiger partial charge is 0.243 e. The van der Waals surface area contributed by atoms with E-state index in [0.717, 1.165) is 56.2 Å². The molecule has 0 aliphatic carbocycles. The number of amides is 1. The van der Waals surface area contributed by atoms with Crippen molar-refractivity contribution >= 4 is 21.6 Å². The summed E-state index contributed by atoms with van der Waals surface area (Å²) in [6.45, 7) is 5.09. The Balaban J connectivity index is 1.17. The Morgan fingerprint density at radius 1 is 1.00 bits per heavy atom. The highest BCUT2D eigenvalue weighted by Crippen LogP contribution is 2.25. The predicted octanol–water partition coefficient (Wildman–Crippen LogP) is 4.46. The molecule has 1 aromatic heterocycles. The van der Waals surface area contributed by atoms with E-state index >= 15 is 0 Å². The van der Waals surface area contributed by atoms with Crippen LogP contribution in [-0.2, 0) is 21.4 Å². The van der Waals surface area contributed by atoms with Gasteiger partial charge in [-0.2, -0.15) is 9.29 Å². The van der Waals surface area contributed by atoms with Crippen LogP contribution in [-0.4, -0.2) is 59.8 Å². The molecule has 5 rings (SSSR count). The van der Waals surface area contributed by atoms with Gasteiger partial charge < -0.3 is 9.84 Å². The van der Waals surface area contributed by atoms with Crippen LogP contribution in [0.2, 0.25) is 0 Å². The Labute approximate surface area is 224 Å². The van der Waals surface area contributed by atoms with E-state index in [1.807, 2.05) is 31.2 Å². The topological polar surface area (TPSA) is 109 Å². The van der Waals surface area contributed by atoms with Gasteiger partial charge in [0.25, 0.3) is 0 Å². The normalized spacial score (nSPS) is 19.7. The lowest BCUT2D eigenvalue weighted by Crippen LogP contribution is -2.40. The first-order valence-electron chi connectivity index (χ1n) is 13.4. The molecule has 2 aromatic carbocycles. The Kier molecular flexibility index (Phi) is 8.21. The molecule has 0 radical (unpaired) electrons. The molecule has 1 atom stereocenters. The second-order valence-electron chi connectivity index (χ2n) is 10.2. The zero-order valence-electron chi connectivity index (χ0n) is 21.8. The van der Waals surface area contributed by atoms with Gasteiger partial charge in [0.2, 0.25) is 27.6 Å². The lowest BCUT2D eigenvalue weighted by Gasteiger charge is -2.30. The van der Waals surface area contributed by atoms with E-state index < -0.39 is 10.0 Å². The number of piperidine rings is 1. The number of rotatable bonds is 7. The van der Waals surface area contributed by atoms with Gasteiger partial charge >= 0.3 is 0 Å². The van der Waals surface area contributed by atoms with Crippen molar-refractivity contribution < 1.29 is 17.7 Å². The van der Waals surface area contributed by atoms with Crippen LogP contribution >= 0.6 is 0 Å². The molecule has 9 nitrogen and oxygen atoms in total. The quantitative estimate of drug-likeness (QED) is 0.474. The predicted molar refractivity (Wildman–Crippen MR) is 145 cm³/mol. The van der Waals surface area contributed by atoms with Gasteiger partial charge in [-0.3, -0.25) is 9.69 Å². The summed E-state index contributed by atoms with van der Waals surface area (Å²) in [5, 5.41) is 7.11. The lowest BCUT2D eigenvalue weighted by atomic mass is 9.97. The molecule has 0 saturated carbocycles. The number of benzene rings is 2. The van der Waals surface area contributed by atoms with Crippen LogP contribution in [0.1, 0.15) is 50.0 Å². The molecule has 1 N–H and O–H groups in total. The number of anilines is 1. The van der Waals surface area contributed by atoms with Gasteiger partial charge in [0.1, 0.15) is 0 Å². The summed E-state index contributed by atoms with van der Waals surface area (Å²) in [4.78, 5) is 20.0. The highest BCUT2D eigenvalue weighted by molar-refractivity contribution is 7.89. The highest BCUT2D eigenvalue weighted by atomic mass is 32.2. The SMILES string of the molecule is Cc1ccccc1-c1noc(CN2CCCC(C(=O)Nc3ccc(S(=O)(=O)N4CCCCCC4)cc3)C2)n1. The molecule has 0 bridgehead atoms. The molecule has 3 heterocycles. The van der Waals surface area contributed by atoms with Gasteiger partial charge in [0, 0.05) is 30.9 Å². The Morgan fingerprint density at radius 2 is 1.74 bits per heavy atom. The van der Waals surface area contributed by atoms with E-state index in [1.165, 1.54) is 0 Å². The molecule has 2 fully saturated rings. The highest BCUT2D eigenvalue weighted by Gasteiger charge is 2.28. The standard InChI is InChI=1S/C28H35N5O4S/c1-21-9-4-5-11-25(21)27-30-26(37-31-27)20-32-16-8-10-22(19-32)28(34)29-23-12-14-24(15-13-23)38(35,36)33-17-6-2-3-7-18-33/h4-5,9,11-15,22H,2-3,6-8,10,16-20H2,1H3,(H,29,34). The minimum Gasteiger partial charge on any atom is -0.338 e. The molecule has 3 aromatic rings. The van der Waals surface area contributed by atoms with Gasteiger partial charge in [-0.05, 0) is 69.0 Å². The van der Waals surface area contributed by atoms with Gasteiger partial charge in [-0.25, -0.2) is 8.42 Å². The van der Waals surface area contributed by atoms with Crippen LogP contribution in [0.5, 0.6) is 0 Å². The summed E-state index contributed by atoms with van der Waals surface area (Å²) in [6.07, 6.45) is 5.61. The van der Waals surface area contributed by atoms with Gasteiger partial charge in [-0.1, -0.05) is 42.3 Å². The minimum absolute atomic E-state index is 0.0658. The average Bonchev–Trinajstić information content (AvgIpc) is 3.19. The van der Waals surface area contributed by atoms with E-state index in [9.17, 15) is 13.2 Å². The molecule has 2 saturated heterocycles. The zero-order valence-corrected chi connectivity index (χ0v) is 22.6. The summed E-state index contributed by atoms with van der Waals surface area (Å²) < 4.78 is 33.1.